The number of rotatable bonds is 5. The molecule has 0 bridgehead atoms. The van der Waals surface area contributed by atoms with Crippen molar-refractivity contribution in [3.05, 3.63) is 64.6 Å². The van der Waals surface area contributed by atoms with Crippen LogP contribution in [0.15, 0.2) is 36.5 Å². The van der Waals surface area contributed by atoms with Crippen LogP contribution >= 0.6 is 0 Å². The maximum atomic E-state index is 4.54. The van der Waals surface area contributed by atoms with Crippen molar-refractivity contribution < 1.29 is 0 Å². The van der Waals surface area contributed by atoms with Crippen molar-refractivity contribution in [2.45, 2.75) is 46.6 Å². The molecule has 0 amide bonds. The predicted molar refractivity (Wildman–Crippen MR) is 98.5 cm³/mol. The smallest absolute Gasteiger partial charge is 0.155 e. The Balaban J connectivity index is 1.71. The Bertz CT molecular complexity index is 833. The Kier molecular flexibility index (Phi) is 4.67. The van der Waals surface area contributed by atoms with Gasteiger partial charge in [0.15, 0.2) is 5.65 Å². The van der Waals surface area contributed by atoms with E-state index in [2.05, 4.69) is 67.4 Å². The highest BCUT2D eigenvalue weighted by Crippen LogP contribution is 2.20. The molecule has 4 heteroatoms. The van der Waals surface area contributed by atoms with Gasteiger partial charge in [0.25, 0.3) is 0 Å². The molecule has 3 rings (SSSR count). The summed E-state index contributed by atoms with van der Waals surface area (Å²) in [7, 11) is 0. The standard InChI is InChI=1S/C20H26N4/c1-13-6-8-18(9-7-13)14(2)11-21-16(4)19-12-22-20-10-15(3)23-24(20)17(19)5/h6-10,12,14,16,21H,11H2,1-5H3/t14-,16+/m1/s1. The number of benzene rings is 1. The Morgan fingerprint density at radius 3 is 2.50 bits per heavy atom. The number of nitrogens with zero attached hydrogens (tertiary/aromatic N) is 3. The fourth-order valence-corrected chi connectivity index (χ4v) is 3.08. The first-order valence-electron chi connectivity index (χ1n) is 8.57. The van der Waals surface area contributed by atoms with Gasteiger partial charge >= 0.3 is 0 Å². The molecule has 2 heterocycles. The van der Waals surface area contributed by atoms with Gasteiger partial charge in [-0.25, -0.2) is 9.50 Å². The molecule has 0 radical (unpaired) electrons. The van der Waals surface area contributed by atoms with Crippen LogP contribution in [0.4, 0.5) is 0 Å². The second-order valence-corrected chi connectivity index (χ2v) is 6.80. The quantitative estimate of drug-likeness (QED) is 0.768. The van der Waals surface area contributed by atoms with E-state index in [1.807, 2.05) is 23.7 Å². The van der Waals surface area contributed by atoms with Crippen LogP contribution in [0.5, 0.6) is 0 Å². The van der Waals surface area contributed by atoms with Gasteiger partial charge in [-0.15, -0.1) is 0 Å². The number of hydrogen-bond donors (Lipinski definition) is 1. The van der Waals surface area contributed by atoms with E-state index in [-0.39, 0.29) is 6.04 Å². The van der Waals surface area contributed by atoms with Crippen LogP contribution in [-0.2, 0) is 0 Å². The lowest BCUT2D eigenvalue weighted by atomic mass is 9.99. The molecular weight excluding hydrogens is 296 g/mol. The van der Waals surface area contributed by atoms with E-state index in [9.17, 15) is 0 Å². The maximum absolute atomic E-state index is 4.54. The fourth-order valence-electron chi connectivity index (χ4n) is 3.08. The molecular formula is C20H26N4. The lowest BCUT2D eigenvalue weighted by Gasteiger charge is -2.20. The Hall–Kier alpha value is -2.20. The van der Waals surface area contributed by atoms with E-state index in [0.29, 0.717) is 5.92 Å². The molecule has 0 unspecified atom stereocenters. The van der Waals surface area contributed by atoms with E-state index in [1.54, 1.807) is 0 Å². The lowest BCUT2D eigenvalue weighted by Crippen LogP contribution is -2.25. The zero-order valence-electron chi connectivity index (χ0n) is 15.2. The van der Waals surface area contributed by atoms with Gasteiger partial charge in [0.1, 0.15) is 0 Å². The van der Waals surface area contributed by atoms with Crippen molar-refractivity contribution in [3.63, 3.8) is 0 Å². The van der Waals surface area contributed by atoms with Crippen molar-refractivity contribution in [3.8, 4) is 0 Å². The summed E-state index contributed by atoms with van der Waals surface area (Å²) < 4.78 is 1.94. The van der Waals surface area contributed by atoms with E-state index in [1.165, 1.54) is 16.7 Å². The third-order valence-corrected chi connectivity index (χ3v) is 4.73. The minimum absolute atomic E-state index is 0.235. The second-order valence-electron chi connectivity index (χ2n) is 6.80. The van der Waals surface area contributed by atoms with Crippen molar-refractivity contribution >= 4 is 5.65 Å². The molecule has 0 aliphatic rings. The Morgan fingerprint density at radius 1 is 1.08 bits per heavy atom. The van der Waals surface area contributed by atoms with Crippen molar-refractivity contribution in [2.24, 2.45) is 0 Å². The molecule has 4 nitrogen and oxygen atoms in total. The molecule has 0 saturated carbocycles. The number of hydrogen-bond acceptors (Lipinski definition) is 3. The molecule has 3 aromatic rings. The van der Waals surface area contributed by atoms with Gasteiger partial charge < -0.3 is 5.32 Å². The summed E-state index contributed by atoms with van der Waals surface area (Å²) >= 11 is 0. The number of aryl methyl sites for hydroxylation is 3. The highest BCUT2D eigenvalue weighted by Gasteiger charge is 2.14. The summed E-state index contributed by atoms with van der Waals surface area (Å²) in [6.07, 6.45) is 1.97. The minimum atomic E-state index is 0.235. The summed E-state index contributed by atoms with van der Waals surface area (Å²) in [4.78, 5) is 4.54. The second kappa shape index (κ2) is 6.73. The Morgan fingerprint density at radius 2 is 1.79 bits per heavy atom. The SMILES string of the molecule is Cc1ccc([C@H](C)CN[C@@H](C)c2cnc3cc(C)nn3c2C)cc1. The number of nitrogens with one attached hydrogen (secondary N) is 1. The van der Waals surface area contributed by atoms with Gasteiger partial charge in [-0.3, -0.25) is 0 Å². The topological polar surface area (TPSA) is 42.2 Å². The molecule has 24 heavy (non-hydrogen) atoms. The third-order valence-electron chi connectivity index (χ3n) is 4.73. The van der Waals surface area contributed by atoms with E-state index in [0.717, 1.165) is 23.6 Å². The normalized spacial score (nSPS) is 14.0. The molecule has 0 fully saturated rings. The zero-order chi connectivity index (χ0) is 17.3. The molecule has 0 aliphatic heterocycles. The van der Waals surface area contributed by atoms with Gasteiger partial charge in [0, 0.05) is 36.1 Å². The average Bonchev–Trinajstić information content (AvgIpc) is 2.95. The third kappa shape index (κ3) is 3.34. The summed E-state index contributed by atoms with van der Waals surface area (Å²) in [6.45, 7) is 11.6. The van der Waals surface area contributed by atoms with Crippen molar-refractivity contribution in [1.29, 1.82) is 0 Å². The van der Waals surface area contributed by atoms with Crippen LogP contribution in [0.3, 0.4) is 0 Å². The molecule has 1 N–H and O–H groups in total. The Labute approximate surface area is 143 Å². The molecule has 0 aliphatic carbocycles. The zero-order valence-corrected chi connectivity index (χ0v) is 15.2. The van der Waals surface area contributed by atoms with Crippen LogP contribution in [0.2, 0.25) is 0 Å². The summed E-state index contributed by atoms with van der Waals surface area (Å²) in [5.41, 5.74) is 6.92. The van der Waals surface area contributed by atoms with Crippen LogP contribution < -0.4 is 5.32 Å². The molecule has 2 aromatic heterocycles. The molecule has 1 aromatic carbocycles. The van der Waals surface area contributed by atoms with E-state index < -0.39 is 0 Å². The summed E-state index contributed by atoms with van der Waals surface area (Å²) in [5, 5.41) is 8.18. The number of fused-ring (bicyclic) bond motifs is 1. The molecule has 126 valence electrons. The maximum Gasteiger partial charge on any atom is 0.155 e. The van der Waals surface area contributed by atoms with Crippen LogP contribution in [0.25, 0.3) is 5.65 Å². The van der Waals surface area contributed by atoms with E-state index >= 15 is 0 Å². The monoisotopic (exact) mass is 322 g/mol. The van der Waals surface area contributed by atoms with Gasteiger partial charge in [0.05, 0.1) is 5.69 Å². The van der Waals surface area contributed by atoms with Gasteiger partial charge in [-0.05, 0) is 39.2 Å². The average molecular weight is 322 g/mol. The largest absolute Gasteiger partial charge is 0.309 e. The first-order valence-corrected chi connectivity index (χ1v) is 8.57. The summed E-state index contributed by atoms with van der Waals surface area (Å²) in [5.74, 6) is 0.469. The number of aromatic nitrogens is 3. The fraction of sp³-hybridized carbons (Fsp3) is 0.400. The highest BCUT2D eigenvalue weighted by atomic mass is 15.3. The van der Waals surface area contributed by atoms with Crippen LogP contribution in [0, 0.1) is 20.8 Å². The minimum Gasteiger partial charge on any atom is -0.309 e. The van der Waals surface area contributed by atoms with Crippen LogP contribution in [-0.4, -0.2) is 21.1 Å². The molecule has 0 saturated heterocycles. The lowest BCUT2D eigenvalue weighted by molar-refractivity contribution is 0.531. The predicted octanol–water partition coefficient (Wildman–Crippen LogP) is 4.11. The first kappa shape index (κ1) is 16.7. The van der Waals surface area contributed by atoms with Gasteiger partial charge in [-0.1, -0.05) is 36.8 Å². The highest BCUT2D eigenvalue weighted by molar-refractivity contribution is 5.42. The molecule has 2 atom stereocenters. The van der Waals surface area contributed by atoms with Crippen molar-refractivity contribution in [2.75, 3.05) is 6.54 Å². The van der Waals surface area contributed by atoms with E-state index in [4.69, 9.17) is 0 Å². The van der Waals surface area contributed by atoms with Crippen LogP contribution in [0.1, 0.15) is 53.9 Å². The van der Waals surface area contributed by atoms with Gasteiger partial charge in [0.2, 0.25) is 0 Å². The first-order chi connectivity index (χ1) is 11.5. The van der Waals surface area contributed by atoms with Gasteiger partial charge in [-0.2, -0.15) is 5.10 Å². The molecule has 0 spiro atoms. The van der Waals surface area contributed by atoms with Crippen molar-refractivity contribution in [1.82, 2.24) is 19.9 Å². The summed E-state index contributed by atoms with van der Waals surface area (Å²) in [6, 6.07) is 11.0.